The van der Waals surface area contributed by atoms with Crippen LogP contribution in [0.15, 0.2) is 24.3 Å². The summed E-state index contributed by atoms with van der Waals surface area (Å²) < 4.78 is 0. The number of carboxylic acids is 1. The fourth-order valence-corrected chi connectivity index (χ4v) is 3.75. The van der Waals surface area contributed by atoms with Crippen LogP contribution >= 0.6 is 0 Å². The van der Waals surface area contributed by atoms with Gasteiger partial charge in [-0.2, -0.15) is 0 Å². The van der Waals surface area contributed by atoms with Crippen LogP contribution in [0.5, 0.6) is 0 Å². The fourth-order valence-electron chi connectivity index (χ4n) is 3.75. The van der Waals surface area contributed by atoms with Gasteiger partial charge in [-0.1, -0.05) is 50.5 Å². The highest BCUT2D eigenvalue weighted by atomic mass is 16.4. The van der Waals surface area contributed by atoms with Crippen molar-refractivity contribution in [3.8, 4) is 0 Å². The summed E-state index contributed by atoms with van der Waals surface area (Å²) in [6, 6.07) is 0. The van der Waals surface area contributed by atoms with E-state index in [1.165, 1.54) is 0 Å². The molecule has 0 heterocycles. The third kappa shape index (κ3) is 9.54. The van der Waals surface area contributed by atoms with Gasteiger partial charge < -0.3 is 20.4 Å². The van der Waals surface area contributed by atoms with E-state index in [2.05, 4.69) is 6.92 Å². The number of aliphatic hydroxyl groups is 3. The van der Waals surface area contributed by atoms with Crippen LogP contribution in [0, 0.1) is 11.8 Å². The van der Waals surface area contributed by atoms with Crippen LogP contribution in [0.25, 0.3) is 0 Å². The van der Waals surface area contributed by atoms with E-state index < -0.39 is 23.8 Å². The van der Waals surface area contributed by atoms with Crippen LogP contribution in [0.2, 0.25) is 0 Å². The van der Waals surface area contributed by atoms with Crippen molar-refractivity contribution in [3.05, 3.63) is 24.3 Å². The Bertz CT molecular complexity index is 483. The van der Waals surface area contributed by atoms with Crippen molar-refractivity contribution in [2.45, 2.75) is 95.9 Å². The maximum atomic E-state index is 10.5. The van der Waals surface area contributed by atoms with Crippen molar-refractivity contribution in [2.24, 2.45) is 11.8 Å². The number of carboxylic acid groups (broad SMARTS) is 1. The maximum Gasteiger partial charge on any atom is 0.303 e. The lowest BCUT2D eigenvalue weighted by Crippen LogP contribution is -2.24. The number of aliphatic carboxylic acids is 1. The molecule has 27 heavy (non-hydrogen) atoms. The van der Waals surface area contributed by atoms with Crippen molar-refractivity contribution in [2.75, 3.05) is 0 Å². The zero-order valence-corrected chi connectivity index (χ0v) is 16.9. The number of unbranched alkanes of at least 4 members (excludes halogenated alkanes) is 4. The average molecular weight is 383 g/mol. The molecular weight excluding hydrogens is 344 g/mol. The Labute approximate surface area is 163 Å². The molecule has 5 heteroatoms. The summed E-state index contributed by atoms with van der Waals surface area (Å²) in [6.45, 7) is 3.92. The summed E-state index contributed by atoms with van der Waals surface area (Å²) in [5.74, 6) is -0.977. The lowest BCUT2D eigenvalue weighted by atomic mass is 9.88. The third-order valence-electron chi connectivity index (χ3n) is 5.47. The van der Waals surface area contributed by atoms with Crippen molar-refractivity contribution in [1.29, 1.82) is 0 Å². The average Bonchev–Trinajstić information content (AvgIpc) is 2.85. The van der Waals surface area contributed by atoms with Crippen LogP contribution < -0.4 is 0 Å². The summed E-state index contributed by atoms with van der Waals surface area (Å²) in [6.07, 6.45) is 14.0. The summed E-state index contributed by atoms with van der Waals surface area (Å²) in [5, 5.41) is 39.7. The van der Waals surface area contributed by atoms with Crippen molar-refractivity contribution in [3.63, 3.8) is 0 Å². The lowest BCUT2D eigenvalue weighted by molar-refractivity contribution is -0.137. The minimum Gasteiger partial charge on any atom is -0.481 e. The van der Waals surface area contributed by atoms with Crippen molar-refractivity contribution < 1.29 is 25.2 Å². The Morgan fingerprint density at radius 1 is 1.11 bits per heavy atom. The maximum absolute atomic E-state index is 10.5. The van der Waals surface area contributed by atoms with Gasteiger partial charge in [0.15, 0.2) is 0 Å². The van der Waals surface area contributed by atoms with Gasteiger partial charge in [0.05, 0.1) is 17.8 Å². The van der Waals surface area contributed by atoms with E-state index in [0.717, 1.165) is 32.1 Å². The van der Waals surface area contributed by atoms with Gasteiger partial charge in [0.25, 0.3) is 0 Å². The molecule has 1 aliphatic carbocycles. The SMILES string of the molecule is CCCCCC(C)(O)/C=C/[C@@H]1[C@@H](C/C=C\CCCCC(=O)O)[C@@H](O)C[C@H]1O. The van der Waals surface area contributed by atoms with Gasteiger partial charge in [-0.3, -0.25) is 4.79 Å². The molecule has 0 bridgehead atoms. The molecule has 0 radical (unpaired) electrons. The second kappa shape index (κ2) is 12.3. The molecule has 1 fully saturated rings. The lowest BCUT2D eigenvalue weighted by Gasteiger charge is -2.23. The van der Waals surface area contributed by atoms with E-state index in [1.54, 1.807) is 13.0 Å². The van der Waals surface area contributed by atoms with Crippen LogP contribution in [0.3, 0.4) is 0 Å². The quantitative estimate of drug-likeness (QED) is 0.287. The van der Waals surface area contributed by atoms with E-state index in [9.17, 15) is 20.1 Å². The predicted octanol–water partition coefficient (Wildman–Crippen LogP) is 3.82. The first-order valence-corrected chi connectivity index (χ1v) is 10.4. The third-order valence-corrected chi connectivity index (χ3v) is 5.47. The van der Waals surface area contributed by atoms with E-state index >= 15 is 0 Å². The van der Waals surface area contributed by atoms with Crippen LogP contribution in [0.4, 0.5) is 0 Å². The highest BCUT2D eigenvalue weighted by Crippen LogP contribution is 2.37. The van der Waals surface area contributed by atoms with Gasteiger partial charge in [0.1, 0.15) is 0 Å². The molecule has 0 spiro atoms. The minimum atomic E-state index is -0.882. The normalized spacial score (nSPS) is 28.2. The van der Waals surface area contributed by atoms with Gasteiger partial charge in [-0.05, 0) is 44.9 Å². The Morgan fingerprint density at radius 2 is 1.85 bits per heavy atom. The molecule has 0 aromatic heterocycles. The standard InChI is InChI=1S/C22H38O5/c1-3-4-10-14-22(2,27)15-13-18-17(19(23)16-20(18)24)11-8-6-5-7-9-12-21(25)26/h6,8,13,15,17-20,23-24,27H,3-5,7,9-12,14,16H2,1-2H3,(H,25,26)/b8-6-,15-13+/t17-,18-,19+,20-,22?/m1/s1. The fraction of sp³-hybridized carbons (Fsp3) is 0.773. The van der Waals surface area contributed by atoms with Crippen LogP contribution in [0.1, 0.15) is 78.1 Å². The van der Waals surface area contributed by atoms with Crippen molar-refractivity contribution >= 4 is 5.97 Å². The van der Waals surface area contributed by atoms with Crippen molar-refractivity contribution in [1.82, 2.24) is 0 Å². The van der Waals surface area contributed by atoms with Gasteiger partial charge in [0, 0.05) is 18.8 Å². The van der Waals surface area contributed by atoms with Gasteiger partial charge >= 0.3 is 5.97 Å². The molecule has 0 aromatic carbocycles. The first-order chi connectivity index (χ1) is 12.8. The second-order valence-corrected chi connectivity index (χ2v) is 8.13. The largest absolute Gasteiger partial charge is 0.481 e. The topological polar surface area (TPSA) is 98.0 Å². The molecule has 1 unspecified atom stereocenters. The summed E-state index contributed by atoms with van der Waals surface area (Å²) in [7, 11) is 0. The van der Waals surface area contributed by atoms with Gasteiger partial charge in [-0.25, -0.2) is 0 Å². The molecule has 0 amide bonds. The predicted molar refractivity (Wildman–Crippen MR) is 107 cm³/mol. The number of hydrogen-bond acceptors (Lipinski definition) is 4. The van der Waals surface area contributed by atoms with Crippen LogP contribution in [-0.4, -0.2) is 44.2 Å². The number of allylic oxidation sites excluding steroid dienone is 2. The molecule has 156 valence electrons. The van der Waals surface area contributed by atoms with E-state index in [1.807, 2.05) is 18.2 Å². The summed E-state index contributed by atoms with van der Waals surface area (Å²) >= 11 is 0. The monoisotopic (exact) mass is 382 g/mol. The highest BCUT2D eigenvalue weighted by Gasteiger charge is 2.39. The molecule has 5 atom stereocenters. The molecule has 0 aromatic rings. The Balaban J connectivity index is 2.51. The molecule has 1 saturated carbocycles. The molecule has 1 aliphatic rings. The number of hydrogen-bond donors (Lipinski definition) is 4. The smallest absolute Gasteiger partial charge is 0.303 e. The van der Waals surface area contributed by atoms with E-state index in [-0.39, 0.29) is 18.3 Å². The van der Waals surface area contributed by atoms with Crippen LogP contribution in [-0.2, 0) is 4.79 Å². The van der Waals surface area contributed by atoms with E-state index in [0.29, 0.717) is 25.7 Å². The molecule has 4 N–H and O–H groups in total. The van der Waals surface area contributed by atoms with Gasteiger partial charge in [-0.15, -0.1) is 0 Å². The zero-order chi connectivity index (χ0) is 20.3. The highest BCUT2D eigenvalue weighted by molar-refractivity contribution is 5.66. The Morgan fingerprint density at radius 3 is 2.52 bits per heavy atom. The number of aliphatic hydroxyl groups excluding tert-OH is 2. The first-order valence-electron chi connectivity index (χ1n) is 10.4. The number of rotatable bonds is 13. The molecular formula is C22H38O5. The Kier molecular flexibility index (Phi) is 10.9. The Hall–Kier alpha value is -1.17. The zero-order valence-electron chi connectivity index (χ0n) is 16.9. The summed E-state index contributed by atoms with van der Waals surface area (Å²) in [4.78, 5) is 10.5. The molecule has 0 saturated heterocycles. The first kappa shape index (κ1) is 23.9. The molecule has 5 nitrogen and oxygen atoms in total. The number of carbonyl (C=O) groups is 1. The second-order valence-electron chi connectivity index (χ2n) is 8.13. The molecule has 0 aliphatic heterocycles. The van der Waals surface area contributed by atoms with Gasteiger partial charge in [0.2, 0.25) is 0 Å². The minimum absolute atomic E-state index is 0.0574. The summed E-state index contributed by atoms with van der Waals surface area (Å²) in [5.41, 5.74) is -0.882. The molecule has 1 rings (SSSR count). The van der Waals surface area contributed by atoms with E-state index in [4.69, 9.17) is 5.11 Å².